The maximum absolute atomic E-state index is 10.6. The van der Waals surface area contributed by atoms with Crippen molar-refractivity contribution in [3.63, 3.8) is 0 Å². The van der Waals surface area contributed by atoms with Crippen LogP contribution >= 0.6 is 0 Å². The summed E-state index contributed by atoms with van der Waals surface area (Å²) >= 11 is 0. The van der Waals surface area contributed by atoms with Gasteiger partial charge in [-0.1, -0.05) is 20.8 Å². The van der Waals surface area contributed by atoms with Crippen LogP contribution in [-0.2, 0) is 4.84 Å². The van der Waals surface area contributed by atoms with Gasteiger partial charge in [-0.2, -0.15) is 10.1 Å². The van der Waals surface area contributed by atoms with Crippen molar-refractivity contribution in [1.29, 1.82) is 0 Å². The molecule has 2 N–H and O–H groups in total. The first kappa shape index (κ1) is 26.1. The fourth-order valence-corrected chi connectivity index (χ4v) is 6.65. The molecule has 5 nitrogen and oxygen atoms in total. The van der Waals surface area contributed by atoms with E-state index in [1.54, 1.807) is 5.06 Å². The number of hydrogen-bond donors (Lipinski definition) is 2. The molecule has 2 fully saturated rings. The normalized spacial score (nSPS) is 30.0. The van der Waals surface area contributed by atoms with Gasteiger partial charge in [-0.05, 0) is 99.8 Å². The number of piperidine rings is 1. The lowest BCUT2D eigenvalue weighted by Gasteiger charge is -2.53. The molecule has 178 valence electrons. The topological polar surface area (TPSA) is 48.0 Å². The zero-order valence-electron chi connectivity index (χ0n) is 22.2. The van der Waals surface area contributed by atoms with Gasteiger partial charge in [0.1, 0.15) is 0 Å². The van der Waals surface area contributed by atoms with Crippen LogP contribution in [0, 0.1) is 11.3 Å². The lowest BCUT2D eigenvalue weighted by molar-refractivity contribution is -0.259. The van der Waals surface area contributed by atoms with Gasteiger partial charge in [0.15, 0.2) is 0 Å². The summed E-state index contributed by atoms with van der Waals surface area (Å²) in [6, 6.07) is 0.332. The summed E-state index contributed by atoms with van der Waals surface area (Å²) in [4.78, 5) is 6.60. The third kappa shape index (κ3) is 5.23. The van der Waals surface area contributed by atoms with E-state index in [1.807, 2.05) is 0 Å². The Labute approximate surface area is 186 Å². The zero-order valence-corrected chi connectivity index (χ0v) is 22.2. The number of nitrogens with one attached hydrogen (secondary N) is 1. The highest BCUT2D eigenvalue weighted by atomic mass is 16.7. The van der Waals surface area contributed by atoms with Gasteiger partial charge in [-0.15, -0.1) is 0 Å². The summed E-state index contributed by atoms with van der Waals surface area (Å²) in [5.41, 5.74) is -0.458. The van der Waals surface area contributed by atoms with Gasteiger partial charge in [0.05, 0.1) is 6.61 Å². The molecule has 1 unspecified atom stereocenters. The quantitative estimate of drug-likeness (QED) is 0.598. The van der Waals surface area contributed by atoms with E-state index in [2.05, 4.69) is 100 Å². The Morgan fingerprint density at radius 2 is 1.30 bits per heavy atom. The van der Waals surface area contributed by atoms with E-state index in [0.717, 1.165) is 19.3 Å². The Kier molecular flexibility index (Phi) is 6.68. The minimum Gasteiger partial charge on any atom is -0.313 e. The molecule has 2 rings (SSSR count). The van der Waals surface area contributed by atoms with E-state index < -0.39 is 0 Å². The van der Waals surface area contributed by atoms with E-state index in [9.17, 15) is 5.21 Å². The summed E-state index contributed by atoms with van der Waals surface area (Å²) < 4.78 is 0. The molecular formula is C25H51N3O2. The van der Waals surface area contributed by atoms with Gasteiger partial charge in [0, 0.05) is 33.7 Å². The van der Waals surface area contributed by atoms with Gasteiger partial charge in [-0.25, -0.2) is 0 Å². The lowest BCUT2D eigenvalue weighted by Crippen LogP contribution is -2.65. The first-order valence-corrected chi connectivity index (χ1v) is 11.8. The fraction of sp³-hybridized carbons (Fsp3) is 1.00. The predicted molar refractivity (Wildman–Crippen MR) is 126 cm³/mol. The Balaban J connectivity index is 2.09. The second-order valence-electron chi connectivity index (χ2n) is 14.2. The molecule has 2 aliphatic rings. The molecule has 0 radical (unpaired) electrons. The van der Waals surface area contributed by atoms with E-state index in [1.165, 1.54) is 0 Å². The molecule has 0 bridgehead atoms. The van der Waals surface area contributed by atoms with E-state index >= 15 is 0 Å². The van der Waals surface area contributed by atoms with Crippen molar-refractivity contribution in [2.75, 3.05) is 6.61 Å². The molecule has 0 amide bonds. The van der Waals surface area contributed by atoms with Gasteiger partial charge >= 0.3 is 0 Å². The second kappa shape index (κ2) is 7.69. The minimum atomic E-state index is -0.255. The average Bonchev–Trinajstić information content (AvgIpc) is 2.66. The third-order valence-electron chi connectivity index (χ3n) is 7.46. The molecule has 0 saturated carbocycles. The molecule has 0 aliphatic carbocycles. The molecule has 0 aromatic rings. The molecule has 0 aromatic heterocycles. The lowest BCUT2D eigenvalue weighted by atomic mass is 9.70. The summed E-state index contributed by atoms with van der Waals surface area (Å²) in [5, 5.41) is 18.3. The van der Waals surface area contributed by atoms with Crippen LogP contribution in [0.1, 0.15) is 109 Å². The van der Waals surface area contributed by atoms with E-state index in [4.69, 9.17) is 4.84 Å². The van der Waals surface area contributed by atoms with Crippen LogP contribution in [0.15, 0.2) is 0 Å². The smallest absolute Gasteiger partial charge is 0.0862 e. The Bertz CT molecular complexity index is 598. The van der Waals surface area contributed by atoms with Crippen molar-refractivity contribution in [2.45, 2.75) is 143 Å². The van der Waals surface area contributed by atoms with Crippen LogP contribution in [0.5, 0.6) is 0 Å². The van der Waals surface area contributed by atoms with Crippen LogP contribution in [-0.4, -0.2) is 55.7 Å². The van der Waals surface area contributed by atoms with Crippen molar-refractivity contribution < 1.29 is 10.0 Å². The van der Waals surface area contributed by atoms with Gasteiger partial charge in [0.2, 0.25) is 0 Å². The van der Waals surface area contributed by atoms with Crippen molar-refractivity contribution in [2.24, 2.45) is 11.3 Å². The largest absolute Gasteiger partial charge is 0.313 e. The van der Waals surface area contributed by atoms with E-state index in [0.29, 0.717) is 18.6 Å². The van der Waals surface area contributed by atoms with Crippen LogP contribution < -0.4 is 5.32 Å². The summed E-state index contributed by atoms with van der Waals surface area (Å²) in [6.07, 6.45) is 2.95. The van der Waals surface area contributed by atoms with Crippen molar-refractivity contribution in [1.82, 2.24) is 15.4 Å². The van der Waals surface area contributed by atoms with Crippen LogP contribution in [0.25, 0.3) is 0 Å². The molecule has 2 aliphatic heterocycles. The molecule has 30 heavy (non-hydrogen) atoms. The first-order valence-electron chi connectivity index (χ1n) is 11.8. The van der Waals surface area contributed by atoms with Gasteiger partial charge in [-0.3, -0.25) is 4.84 Å². The first-order chi connectivity index (χ1) is 13.1. The number of hydrogen-bond acceptors (Lipinski definition) is 5. The SMILES string of the molecule is CC(C)(CON1C(C)(C)CC(C(C)(C)C)C1(C)C)NC1CC(C)(C)N(O)C(C)(C)C1. The molecule has 2 heterocycles. The number of hydroxylamine groups is 4. The predicted octanol–water partition coefficient (Wildman–Crippen LogP) is 5.62. The van der Waals surface area contributed by atoms with Gasteiger partial charge in [0.25, 0.3) is 0 Å². The highest BCUT2D eigenvalue weighted by Crippen LogP contribution is 2.52. The highest BCUT2D eigenvalue weighted by molar-refractivity contribution is 5.06. The minimum absolute atomic E-state index is 0.00371. The molecule has 0 aromatic carbocycles. The second-order valence-corrected chi connectivity index (χ2v) is 14.2. The van der Waals surface area contributed by atoms with Crippen molar-refractivity contribution in [3.8, 4) is 0 Å². The monoisotopic (exact) mass is 425 g/mol. The Morgan fingerprint density at radius 3 is 1.70 bits per heavy atom. The van der Waals surface area contributed by atoms with Crippen molar-refractivity contribution in [3.05, 3.63) is 0 Å². The maximum atomic E-state index is 10.6. The highest BCUT2D eigenvalue weighted by Gasteiger charge is 2.56. The standard InChI is InChI=1S/C25H51N3O2/c1-20(2,3)19-16-24(10,11)28(25(19,12)13)30-17-21(4,5)26-18-14-22(6,7)27(29)23(8,9)15-18/h18-19,26,29H,14-17H2,1-13H3. The molecule has 0 spiro atoms. The van der Waals surface area contributed by atoms with Crippen molar-refractivity contribution >= 4 is 0 Å². The summed E-state index contributed by atoms with van der Waals surface area (Å²) in [6.45, 7) is 29.9. The number of rotatable bonds is 5. The maximum Gasteiger partial charge on any atom is 0.0862 e. The van der Waals surface area contributed by atoms with E-state index in [-0.39, 0.29) is 33.1 Å². The zero-order chi connectivity index (χ0) is 23.6. The molecule has 1 atom stereocenters. The van der Waals surface area contributed by atoms with Crippen LogP contribution in [0.2, 0.25) is 0 Å². The molecule has 2 saturated heterocycles. The summed E-state index contributed by atoms with van der Waals surface area (Å²) in [7, 11) is 0. The molecular weight excluding hydrogens is 374 g/mol. The van der Waals surface area contributed by atoms with Gasteiger partial charge < -0.3 is 10.5 Å². The van der Waals surface area contributed by atoms with Crippen LogP contribution in [0.3, 0.4) is 0 Å². The van der Waals surface area contributed by atoms with Crippen LogP contribution in [0.4, 0.5) is 0 Å². The Hall–Kier alpha value is -0.200. The number of nitrogens with zero attached hydrogens (tertiary/aromatic N) is 2. The Morgan fingerprint density at radius 1 is 0.833 bits per heavy atom. The average molecular weight is 426 g/mol. The molecule has 5 heteroatoms. The third-order valence-corrected chi connectivity index (χ3v) is 7.46. The fourth-order valence-electron chi connectivity index (χ4n) is 6.65. The summed E-state index contributed by atoms with van der Waals surface area (Å²) in [5.74, 6) is 0.562.